The zero-order chi connectivity index (χ0) is 4.99. The summed E-state index contributed by atoms with van der Waals surface area (Å²) in [6, 6.07) is 0.870. The van der Waals surface area contributed by atoms with Crippen LogP contribution >= 0.6 is 0 Å². The molecule has 0 amide bonds. The molecule has 0 aliphatic rings. The molecule has 6 heavy (non-hydrogen) atoms. The monoisotopic (exact) mass is 104 g/mol. The highest BCUT2D eigenvalue weighted by atomic mass is 28.1. The third-order valence-electron chi connectivity index (χ3n) is 0.464. The van der Waals surface area contributed by atoms with Crippen LogP contribution in [0.15, 0.2) is 0 Å². The van der Waals surface area contributed by atoms with Gasteiger partial charge in [-0.25, -0.2) is 0 Å². The lowest BCUT2D eigenvalue weighted by atomic mass is 10.5. The highest BCUT2D eigenvalue weighted by Crippen LogP contribution is 1.79. The summed E-state index contributed by atoms with van der Waals surface area (Å²) in [5.41, 5.74) is 0. The molecule has 0 aromatic rings. The Hall–Kier alpha value is -0.313. The molecule has 0 aromatic heterocycles. The molecule has 0 atom stereocenters. The fraction of sp³-hybridized carbons (Fsp3) is 0.667. The largest absolute Gasteiger partial charge is 0.481 e. The fourth-order valence-corrected chi connectivity index (χ4v) is 0.642. The van der Waals surface area contributed by atoms with E-state index in [1.165, 1.54) is 0 Å². The highest BCUT2D eigenvalue weighted by molar-refractivity contribution is 6.09. The minimum atomic E-state index is -0.676. The van der Waals surface area contributed by atoms with Crippen LogP contribution in [0.5, 0.6) is 0 Å². The highest BCUT2D eigenvalue weighted by Gasteiger charge is 1.87. The van der Waals surface area contributed by atoms with E-state index in [0.29, 0.717) is 6.42 Å². The topological polar surface area (TPSA) is 37.3 Å². The summed E-state index contributed by atoms with van der Waals surface area (Å²) < 4.78 is 0. The molecule has 0 fully saturated rings. The Morgan fingerprint density at radius 2 is 2.33 bits per heavy atom. The summed E-state index contributed by atoms with van der Waals surface area (Å²) in [4.78, 5) is 9.62. The quantitative estimate of drug-likeness (QED) is 0.468. The Kier molecular flexibility index (Phi) is 2.75. The van der Waals surface area contributed by atoms with Crippen molar-refractivity contribution >= 4 is 16.2 Å². The van der Waals surface area contributed by atoms with Gasteiger partial charge in [0.15, 0.2) is 0 Å². The third-order valence-corrected chi connectivity index (χ3v) is 0.964. The van der Waals surface area contributed by atoms with Gasteiger partial charge in [0.1, 0.15) is 0 Å². The van der Waals surface area contributed by atoms with Crippen LogP contribution in [-0.2, 0) is 4.79 Å². The average molecular weight is 104 g/mol. The number of carboxylic acid groups (broad SMARTS) is 1. The molecule has 2 nitrogen and oxygen atoms in total. The van der Waals surface area contributed by atoms with E-state index in [4.69, 9.17) is 5.11 Å². The summed E-state index contributed by atoms with van der Waals surface area (Å²) in [6.45, 7) is 0. The second-order valence-corrected chi connectivity index (χ2v) is 2.14. The zero-order valence-corrected chi connectivity index (χ0v) is 5.77. The van der Waals surface area contributed by atoms with E-state index in [0.717, 1.165) is 16.3 Å². The average Bonchev–Trinajstić information content (AvgIpc) is 1.35. The van der Waals surface area contributed by atoms with Crippen molar-refractivity contribution in [2.45, 2.75) is 12.5 Å². The van der Waals surface area contributed by atoms with Crippen LogP contribution in [0.25, 0.3) is 0 Å². The van der Waals surface area contributed by atoms with Gasteiger partial charge in [-0.15, -0.1) is 0 Å². The van der Waals surface area contributed by atoms with Crippen LogP contribution in [0.4, 0.5) is 0 Å². The van der Waals surface area contributed by atoms with Gasteiger partial charge in [-0.2, -0.15) is 0 Å². The van der Waals surface area contributed by atoms with Crippen LogP contribution in [0.1, 0.15) is 6.42 Å². The second kappa shape index (κ2) is 2.90. The minimum absolute atomic E-state index is 0.353. The molecule has 0 rings (SSSR count). The lowest BCUT2D eigenvalue weighted by Gasteiger charge is -1.79. The van der Waals surface area contributed by atoms with Gasteiger partial charge in [-0.1, -0.05) is 6.04 Å². The molecule has 0 saturated heterocycles. The van der Waals surface area contributed by atoms with Crippen LogP contribution in [0, 0.1) is 0 Å². The maximum atomic E-state index is 9.62. The first-order valence-electron chi connectivity index (χ1n) is 1.99. The van der Waals surface area contributed by atoms with Crippen molar-refractivity contribution in [2.75, 3.05) is 0 Å². The van der Waals surface area contributed by atoms with Gasteiger partial charge in [-0.3, -0.25) is 4.79 Å². The van der Waals surface area contributed by atoms with Gasteiger partial charge in [0.25, 0.3) is 0 Å². The van der Waals surface area contributed by atoms with Gasteiger partial charge in [0.05, 0.1) is 0 Å². The van der Waals surface area contributed by atoms with E-state index in [9.17, 15) is 4.79 Å². The Morgan fingerprint density at radius 1 is 1.83 bits per heavy atom. The van der Waals surface area contributed by atoms with Crippen LogP contribution in [-0.4, -0.2) is 21.3 Å². The number of carbonyl (C=O) groups is 1. The van der Waals surface area contributed by atoms with Crippen LogP contribution in [0.3, 0.4) is 0 Å². The van der Waals surface area contributed by atoms with Gasteiger partial charge < -0.3 is 5.11 Å². The molecule has 0 aromatic carbocycles. The SMILES string of the molecule is O=C(O)CC[SiH3]. The lowest BCUT2D eigenvalue weighted by Crippen LogP contribution is -1.91. The molecule has 0 bridgehead atoms. The molecule has 0 aliphatic carbocycles. The summed E-state index contributed by atoms with van der Waals surface area (Å²) in [5.74, 6) is -0.676. The van der Waals surface area contributed by atoms with Crippen molar-refractivity contribution in [1.82, 2.24) is 0 Å². The van der Waals surface area contributed by atoms with E-state index < -0.39 is 5.97 Å². The van der Waals surface area contributed by atoms with Crippen molar-refractivity contribution in [1.29, 1.82) is 0 Å². The van der Waals surface area contributed by atoms with E-state index in [2.05, 4.69) is 0 Å². The van der Waals surface area contributed by atoms with E-state index in [1.807, 2.05) is 0 Å². The molecule has 0 heterocycles. The minimum Gasteiger partial charge on any atom is -0.481 e. The predicted octanol–water partition coefficient (Wildman–Crippen LogP) is -0.755. The summed E-state index contributed by atoms with van der Waals surface area (Å²) in [6.07, 6.45) is 0.353. The smallest absolute Gasteiger partial charge is 0.303 e. The predicted molar refractivity (Wildman–Crippen MR) is 27.0 cm³/mol. The Balaban J connectivity index is 2.83. The van der Waals surface area contributed by atoms with Gasteiger partial charge in [0, 0.05) is 16.7 Å². The number of hydrogen-bond donors (Lipinski definition) is 1. The molecule has 36 valence electrons. The lowest BCUT2D eigenvalue weighted by molar-refractivity contribution is -0.136. The zero-order valence-electron chi connectivity index (χ0n) is 3.77. The van der Waals surface area contributed by atoms with Crippen LogP contribution < -0.4 is 0 Å². The maximum Gasteiger partial charge on any atom is 0.303 e. The van der Waals surface area contributed by atoms with Crippen molar-refractivity contribution < 1.29 is 9.90 Å². The Labute approximate surface area is 39.6 Å². The third kappa shape index (κ3) is 3.69. The first kappa shape index (κ1) is 5.69. The molecule has 0 radical (unpaired) electrons. The number of aliphatic carboxylic acids is 1. The van der Waals surface area contributed by atoms with Crippen molar-refractivity contribution in [2.24, 2.45) is 0 Å². The summed E-state index contributed by atoms with van der Waals surface area (Å²) in [5, 5.41) is 7.94. The number of carboxylic acids is 1. The van der Waals surface area contributed by atoms with Crippen molar-refractivity contribution in [3.63, 3.8) is 0 Å². The standard InChI is InChI=1S/C3H8O2Si/c4-3(5)1-2-6/h1-2H2,6H3,(H,4,5). The number of hydrogen-bond acceptors (Lipinski definition) is 1. The van der Waals surface area contributed by atoms with Gasteiger partial charge in [0.2, 0.25) is 0 Å². The molecule has 0 aliphatic heterocycles. The van der Waals surface area contributed by atoms with E-state index in [1.54, 1.807) is 0 Å². The maximum absolute atomic E-state index is 9.62. The van der Waals surface area contributed by atoms with Crippen molar-refractivity contribution in [3.8, 4) is 0 Å². The molecule has 0 unspecified atom stereocenters. The molecular weight excluding hydrogens is 96.1 g/mol. The first-order chi connectivity index (χ1) is 2.77. The van der Waals surface area contributed by atoms with E-state index >= 15 is 0 Å². The molecule has 1 N–H and O–H groups in total. The van der Waals surface area contributed by atoms with Crippen LogP contribution in [0.2, 0.25) is 6.04 Å². The first-order valence-corrected chi connectivity index (χ1v) is 3.40. The fourth-order valence-electron chi connectivity index (χ4n) is 0.214. The molecule has 0 spiro atoms. The second-order valence-electron chi connectivity index (χ2n) is 1.14. The van der Waals surface area contributed by atoms with E-state index in [-0.39, 0.29) is 0 Å². The molecule has 3 heteroatoms. The molecular formula is C3H8O2Si. The van der Waals surface area contributed by atoms with Gasteiger partial charge in [-0.05, 0) is 0 Å². The Bertz CT molecular complexity index is 52.8. The van der Waals surface area contributed by atoms with Crippen molar-refractivity contribution in [3.05, 3.63) is 0 Å². The summed E-state index contributed by atoms with van der Waals surface area (Å²) >= 11 is 0. The van der Waals surface area contributed by atoms with Gasteiger partial charge >= 0.3 is 5.97 Å². The Morgan fingerprint density at radius 3 is 2.33 bits per heavy atom. The number of rotatable bonds is 2. The molecule has 0 saturated carbocycles. The normalized spacial score (nSPS) is 8.67. The summed E-state index contributed by atoms with van der Waals surface area (Å²) in [7, 11) is 1.01.